The number of nitrogens with one attached hydrogen (secondary N) is 1. The number of hydrogen-bond donors (Lipinski definition) is 1. The van der Waals surface area contributed by atoms with Crippen molar-refractivity contribution in [1.29, 1.82) is 0 Å². The molecular weight excluding hydrogens is 390 g/mol. The lowest BCUT2D eigenvalue weighted by Crippen LogP contribution is -2.26. The SMILES string of the molecule is C[C@@H](NC(=O)c1ccc(S(=O)(=O)C(F)F)cc1)c1ccc(-n2cncn2)cc1. The molecule has 0 saturated heterocycles. The monoisotopic (exact) mass is 406 g/mol. The van der Waals surface area contributed by atoms with Crippen molar-refractivity contribution in [2.24, 2.45) is 0 Å². The second-order valence-corrected chi connectivity index (χ2v) is 7.87. The minimum absolute atomic E-state index is 0.166. The molecule has 2 aromatic carbocycles. The van der Waals surface area contributed by atoms with Gasteiger partial charge >= 0.3 is 5.76 Å². The van der Waals surface area contributed by atoms with E-state index in [9.17, 15) is 22.0 Å². The molecule has 10 heteroatoms. The van der Waals surface area contributed by atoms with E-state index in [4.69, 9.17) is 0 Å². The molecule has 28 heavy (non-hydrogen) atoms. The Bertz CT molecular complexity index is 1050. The number of rotatable bonds is 6. The lowest BCUT2D eigenvalue weighted by atomic mass is 10.1. The van der Waals surface area contributed by atoms with E-state index in [0.29, 0.717) is 0 Å². The summed E-state index contributed by atoms with van der Waals surface area (Å²) < 4.78 is 49.6. The van der Waals surface area contributed by atoms with Crippen molar-refractivity contribution in [3.63, 3.8) is 0 Å². The molecule has 0 aliphatic heterocycles. The molecule has 3 rings (SSSR count). The van der Waals surface area contributed by atoms with Gasteiger partial charge in [-0.1, -0.05) is 12.1 Å². The van der Waals surface area contributed by atoms with Crippen LogP contribution in [0, 0.1) is 0 Å². The number of sulfone groups is 1. The summed E-state index contributed by atoms with van der Waals surface area (Å²) in [5.74, 6) is -3.96. The molecule has 0 aliphatic rings. The molecule has 0 fully saturated rings. The van der Waals surface area contributed by atoms with Crippen molar-refractivity contribution < 1.29 is 22.0 Å². The number of carbonyl (C=O) groups excluding carboxylic acids is 1. The highest BCUT2D eigenvalue weighted by atomic mass is 32.2. The second-order valence-electron chi connectivity index (χ2n) is 5.96. The summed E-state index contributed by atoms with van der Waals surface area (Å²) in [7, 11) is -4.68. The molecule has 1 N–H and O–H groups in total. The first-order valence-electron chi connectivity index (χ1n) is 8.17. The van der Waals surface area contributed by atoms with Crippen LogP contribution >= 0.6 is 0 Å². The lowest BCUT2D eigenvalue weighted by Gasteiger charge is -2.15. The van der Waals surface area contributed by atoms with Crippen LogP contribution in [0.25, 0.3) is 5.69 Å². The minimum Gasteiger partial charge on any atom is -0.346 e. The molecule has 0 bridgehead atoms. The van der Waals surface area contributed by atoms with Crippen LogP contribution in [0.15, 0.2) is 66.1 Å². The van der Waals surface area contributed by atoms with Crippen molar-refractivity contribution in [3.05, 3.63) is 72.3 Å². The van der Waals surface area contributed by atoms with Gasteiger partial charge in [0.1, 0.15) is 12.7 Å². The summed E-state index contributed by atoms with van der Waals surface area (Å²) in [6.45, 7) is 1.79. The van der Waals surface area contributed by atoms with Gasteiger partial charge in [0, 0.05) is 5.56 Å². The van der Waals surface area contributed by atoms with Gasteiger partial charge in [0.25, 0.3) is 5.91 Å². The predicted molar refractivity (Wildman–Crippen MR) is 96.9 cm³/mol. The molecule has 7 nitrogen and oxygen atoms in total. The molecule has 1 atom stereocenters. The smallest absolute Gasteiger partial charge is 0.341 e. The molecule has 0 saturated carbocycles. The van der Waals surface area contributed by atoms with Crippen LogP contribution in [-0.2, 0) is 9.84 Å². The molecule has 0 aliphatic carbocycles. The molecule has 1 heterocycles. The topological polar surface area (TPSA) is 94.0 Å². The molecule has 0 unspecified atom stereocenters. The standard InChI is InChI=1S/C18H16F2N4O3S/c1-12(13-2-6-15(7-3-13)24-11-21-10-22-24)23-17(25)14-4-8-16(9-5-14)28(26,27)18(19)20/h2-12,18H,1H3,(H,23,25)/t12-/m1/s1. The predicted octanol–water partition coefficient (Wildman–Crippen LogP) is 2.75. The molecule has 146 valence electrons. The summed E-state index contributed by atoms with van der Waals surface area (Å²) in [5, 5.41) is 6.81. The Balaban J connectivity index is 1.69. The lowest BCUT2D eigenvalue weighted by molar-refractivity contribution is 0.0940. The first-order valence-corrected chi connectivity index (χ1v) is 9.71. The highest BCUT2D eigenvalue weighted by Gasteiger charge is 2.26. The van der Waals surface area contributed by atoms with Crippen LogP contribution in [0.4, 0.5) is 8.78 Å². The molecule has 0 radical (unpaired) electrons. The van der Waals surface area contributed by atoms with Gasteiger partial charge in [0.15, 0.2) is 0 Å². The van der Waals surface area contributed by atoms with Gasteiger partial charge in [-0.05, 0) is 48.9 Å². The maximum Gasteiger partial charge on any atom is 0.341 e. The first kappa shape index (κ1) is 19.6. The zero-order valence-electron chi connectivity index (χ0n) is 14.7. The Labute approximate surface area is 160 Å². The minimum atomic E-state index is -4.68. The number of aromatic nitrogens is 3. The Morgan fingerprint density at radius 1 is 1.07 bits per heavy atom. The van der Waals surface area contributed by atoms with Gasteiger partial charge in [-0.25, -0.2) is 18.1 Å². The summed E-state index contributed by atoms with van der Waals surface area (Å²) in [6, 6.07) is 11.4. The van der Waals surface area contributed by atoms with Crippen LogP contribution in [0.2, 0.25) is 0 Å². The van der Waals surface area contributed by atoms with E-state index in [2.05, 4.69) is 15.4 Å². The van der Waals surface area contributed by atoms with Gasteiger partial charge < -0.3 is 5.32 Å². The molecule has 1 aromatic heterocycles. The quantitative estimate of drug-likeness (QED) is 0.679. The second kappa shape index (κ2) is 7.85. The van der Waals surface area contributed by atoms with E-state index < -0.39 is 26.4 Å². The fourth-order valence-corrected chi connectivity index (χ4v) is 3.24. The fraction of sp³-hybridized carbons (Fsp3) is 0.167. The zero-order valence-corrected chi connectivity index (χ0v) is 15.5. The summed E-state index contributed by atoms with van der Waals surface area (Å²) in [5.41, 5.74) is 1.82. The van der Waals surface area contributed by atoms with Crippen molar-refractivity contribution >= 4 is 15.7 Å². The number of nitrogens with zero attached hydrogens (tertiary/aromatic N) is 3. The van der Waals surface area contributed by atoms with Crippen LogP contribution in [0.5, 0.6) is 0 Å². The average Bonchev–Trinajstić information content (AvgIpc) is 3.23. The number of amides is 1. The van der Waals surface area contributed by atoms with Gasteiger partial charge in [0.05, 0.1) is 16.6 Å². The highest BCUT2D eigenvalue weighted by Crippen LogP contribution is 2.20. The maximum absolute atomic E-state index is 12.6. The number of carbonyl (C=O) groups is 1. The number of halogens is 2. The largest absolute Gasteiger partial charge is 0.346 e. The normalized spacial score (nSPS) is 12.7. The van der Waals surface area contributed by atoms with Gasteiger partial charge in [-0.3, -0.25) is 4.79 Å². The van der Waals surface area contributed by atoms with E-state index >= 15 is 0 Å². The Morgan fingerprint density at radius 2 is 1.71 bits per heavy atom. The maximum atomic E-state index is 12.6. The molecule has 3 aromatic rings. The van der Waals surface area contributed by atoms with Crippen LogP contribution in [0.3, 0.4) is 0 Å². The Kier molecular flexibility index (Phi) is 5.50. The van der Waals surface area contributed by atoms with E-state index in [0.717, 1.165) is 23.4 Å². The van der Waals surface area contributed by atoms with Gasteiger partial charge in [-0.15, -0.1) is 0 Å². The molecule has 1 amide bonds. The van der Waals surface area contributed by atoms with Gasteiger partial charge in [-0.2, -0.15) is 13.9 Å². The van der Waals surface area contributed by atoms with Crippen molar-refractivity contribution in [3.8, 4) is 5.69 Å². The van der Waals surface area contributed by atoms with E-state index in [-0.39, 0.29) is 11.6 Å². The average molecular weight is 406 g/mol. The third kappa shape index (κ3) is 4.06. The number of hydrogen-bond acceptors (Lipinski definition) is 5. The molecular formula is C18H16F2N4O3S. The summed E-state index contributed by atoms with van der Waals surface area (Å²) in [6.07, 6.45) is 2.99. The van der Waals surface area contributed by atoms with E-state index in [1.54, 1.807) is 17.9 Å². The summed E-state index contributed by atoms with van der Waals surface area (Å²) in [4.78, 5) is 15.7. The highest BCUT2D eigenvalue weighted by molar-refractivity contribution is 7.91. The zero-order chi connectivity index (χ0) is 20.3. The van der Waals surface area contributed by atoms with Crippen molar-refractivity contribution in [2.45, 2.75) is 23.6 Å². The Hall–Kier alpha value is -3.14. The third-order valence-electron chi connectivity index (χ3n) is 4.10. The number of alkyl halides is 2. The van der Waals surface area contributed by atoms with E-state index in [1.165, 1.54) is 18.5 Å². The third-order valence-corrected chi connectivity index (χ3v) is 5.50. The van der Waals surface area contributed by atoms with Crippen LogP contribution in [0.1, 0.15) is 28.9 Å². The van der Waals surface area contributed by atoms with Crippen LogP contribution in [-0.4, -0.2) is 34.8 Å². The number of benzene rings is 2. The molecule has 0 spiro atoms. The van der Waals surface area contributed by atoms with E-state index in [1.807, 2.05) is 24.3 Å². The van der Waals surface area contributed by atoms with Crippen molar-refractivity contribution in [1.82, 2.24) is 20.1 Å². The first-order chi connectivity index (χ1) is 13.3. The van der Waals surface area contributed by atoms with Crippen molar-refractivity contribution in [2.75, 3.05) is 0 Å². The van der Waals surface area contributed by atoms with Gasteiger partial charge in [0.2, 0.25) is 9.84 Å². The Morgan fingerprint density at radius 3 is 2.25 bits per heavy atom. The van der Waals surface area contributed by atoms with Crippen LogP contribution < -0.4 is 5.32 Å². The fourth-order valence-electron chi connectivity index (χ4n) is 2.52. The summed E-state index contributed by atoms with van der Waals surface area (Å²) >= 11 is 0.